The van der Waals surface area contributed by atoms with Crippen LogP contribution in [-0.4, -0.2) is 43.1 Å². The topological polar surface area (TPSA) is 93.2 Å². The molecule has 0 saturated heterocycles. The second-order valence-electron chi connectivity index (χ2n) is 7.75. The molecule has 0 amide bonds. The number of rotatable bonds is 7. The first-order chi connectivity index (χ1) is 17.1. The second-order valence-corrected chi connectivity index (χ2v) is 8.14. The molecule has 5 rings (SSSR count). The van der Waals surface area contributed by atoms with Gasteiger partial charge in [0.05, 0.1) is 25.6 Å². The maximum atomic E-state index is 10.1. The van der Waals surface area contributed by atoms with Gasteiger partial charge in [-0.15, -0.1) is 0 Å². The van der Waals surface area contributed by atoms with Gasteiger partial charge in [-0.1, -0.05) is 42.5 Å². The Bertz CT molecular complexity index is 1530. The van der Waals surface area contributed by atoms with Crippen molar-refractivity contribution in [1.82, 2.24) is 24.7 Å². The van der Waals surface area contributed by atoms with E-state index in [0.29, 0.717) is 22.7 Å². The predicted molar refractivity (Wildman–Crippen MR) is 137 cm³/mol. The third-order valence-electron chi connectivity index (χ3n) is 5.47. The molecule has 8 nitrogen and oxygen atoms in total. The summed E-state index contributed by atoms with van der Waals surface area (Å²) in [7, 11) is 1.64. The van der Waals surface area contributed by atoms with Crippen LogP contribution in [0.5, 0.6) is 11.5 Å². The van der Waals surface area contributed by atoms with Crippen LogP contribution in [0.1, 0.15) is 11.1 Å². The molecule has 3 aromatic carbocycles. The van der Waals surface area contributed by atoms with Gasteiger partial charge in [0, 0.05) is 11.1 Å². The van der Waals surface area contributed by atoms with Gasteiger partial charge in [-0.25, -0.2) is 5.10 Å². The predicted octanol–water partition coefficient (Wildman–Crippen LogP) is 5.12. The number of nitrogens with zero attached hydrogens (tertiary/aromatic N) is 5. The molecule has 0 atom stereocenters. The summed E-state index contributed by atoms with van der Waals surface area (Å²) in [5.41, 5.74) is 4.12. The normalized spacial score (nSPS) is 11.2. The van der Waals surface area contributed by atoms with E-state index in [1.165, 1.54) is 4.68 Å². The van der Waals surface area contributed by atoms with Gasteiger partial charge in [0.25, 0.3) is 0 Å². The molecule has 5 aromatic rings. The highest BCUT2D eigenvalue weighted by molar-refractivity contribution is 7.71. The summed E-state index contributed by atoms with van der Waals surface area (Å²) in [6.45, 7) is 0.537. The number of aromatic hydroxyl groups is 1. The second kappa shape index (κ2) is 9.78. The minimum absolute atomic E-state index is 0.128. The fraction of sp³-hybridized carbons (Fsp3) is 0.0769. The van der Waals surface area contributed by atoms with Crippen molar-refractivity contribution < 1.29 is 9.84 Å². The monoisotopic (exact) mass is 482 g/mol. The molecule has 0 fully saturated rings. The van der Waals surface area contributed by atoms with E-state index in [1.54, 1.807) is 31.5 Å². The Labute approximate surface area is 206 Å². The van der Waals surface area contributed by atoms with Crippen LogP contribution in [0.25, 0.3) is 22.8 Å². The molecule has 0 aliphatic heterocycles. The van der Waals surface area contributed by atoms with Crippen molar-refractivity contribution in [2.75, 3.05) is 7.11 Å². The van der Waals surface area contributed by atoms with Gasteiger partial charge < -0.3 is 9.84 Å². The number of hydrogen-bond acceptors (Lipinski definition) is 6. The lowest BCUT2D eigenvalue weighted by atomic mass is 10.1. The summed E-state index contributed by atoms with van der Waals surface area (Å²) >= 11 is 5.45. The summed E-state index contributed by atoms with van der Waals surface area (Å²) in [4.78, 5) is 0. The number of aromatic amines is 1. The Balaban J connectivity index is 1.60. The average molecular weight is 483 g/mol. The summed E-state index contributed by atoms with van der Waals surface area (Å²) in [5, 5.41) is 26.7. The molecule has 0 radical (unpaired) electrons. The quantitative estimate of drug-likeness (QED) is 0.248. The highest BCUT2D eigenvalue weighted by atomic mass is 32.1. The van der Waals surface area contributed by atoms with E-state index in [0.717, 1.165) is 28.3 Å². The molecule has 0 aliphatic carbocycles. The number of H-pyrrole nitrogens is 1. The number of benzene rings is 3. The zero-order chi connectivity index (χ0) is 24.2. The highest BCUT2D eigenvalue weighted by Crippen LogP contribution is 2.27. The SMILES string of the molecule is COc1ccc(-c2cc(-c3n[nH]c(=S)n3/N=C/c3ccccc3O)n(Cc3ccccc3)n2)cc1. The van der Waals surface area contributed by atoms with Gasteiger partial charge in [0.15, 0.2) is 0 Å². The van der Waals surface area contributed by atoms with Crippen LogP contribution in [0.15, 0.2) is 90.0 Å². The molecule has 0 saturated carbocycles. The minimum atomic E-state index is 0.128. The van der Waals surface area contributed by atoms with Crippen LogP contribution in [0.4, 0.5) is 0 Å². The lowest BCUT2D eigenvalue weighted by molar-refractivity contribution is 0.415. The van der Waals surface area contributed by atoms with Crippen LogP contribution in [-0.2, 0) is 6.54 Å². The standard InChI is InChI=1S/C26H22N6O2S/c1-34-21-13-11-19(12-14-21)22-15-23(31(30-22)17-18-7-3-2-4-8-18)25-28-29-26(35)32(25)27-16-20-9-5-6-10-24(20)33/h2-16,33H,17H2,1H3,(H,29,35)/b27-16+. The van der Waals surface area contributed by atoms with Crippen molar-refractivity contribution in [2.45, 2.75) is 6.54 Å². The highest BCUT2D eigenvalue weighted by Gasteiger charge is 2.18. The molecule has 0 bridgehead atoms. The molecule has 0 unspecified atom stereocenters. The van der Waals surface area contributed by atoms with Gasteiger partial charge in [-0.05, 0) is 60.2 Å². The molecular weight excluding hydrogens is 460 g/mol. The lowest BCUT2D eigenvalue weighted by Gasteiger charge is -2.07. The summed E-state index contributed by atoms with van der Waals surface area (Å²) in [5.74, 6) is 1.41. The smallest absolute Gasteiger partial charge is 0.216 e. The van der Waals surface area contributed by atoms with E-state index in [2.05, 4.69) is 15.3 Å². The maximum absolute atomic E-state index is 10.1. The Morgan fingerprint density at radius 2 is 1.77 bits per heavy atom. The molecule has 35 heavy (non-hydrogen) atoms. The van der Waals surface area contributed by atoms with Crippen molar-refractivity contribution in [3.63, 3.8) is 0 Å². The Kier molecular flexibility index (Phi) is 6.23. The molecule has 2 heterocycles. The third-order valence-corrected chi connectivity index (χ3v) is 5.73. The first-order valence-corrected chi connectivity index (χ1v) is 11.3. The maximum Gasteiger partial charge on any atom is 0.216 e. The minimum Gasteiger partial charge on any atom is -0.507 e. The summed E-state index contributed by atoms with van der Waals surface area (Å²) < 4.78 is 9.02. The summed E-state index contributed by atoms with van der Waals surface area (Å²) in [6.07, 6.45) is 1.55. The molecule has 174 valence electrons. The Hall–Kier alpha value is -4.50. The zero-order valence-corrected chi connectivity index (χ0v) is 19.7. The largest absolute Gasteiger partial charge is 0.507 e. The molecular formula is C26H22N6O2S. The molecule has 0 spiro atoms. The number of para-hydroxylation sites is 1. The van der Waals surface area contributed by atoms with Gasteiger partial charge in [0.2, 0.25) is 10.6 Å². The van der Waals surface area contributed by atoms with Crippen LogP contribution in [0.3, 0.4) is 0 Å². The van der Waals surface area contributed by atoms with Crippen LogP contribution >= 0.6 is 12.2 Å². The van der Waals surface area contributed by atoms with Crippen molar-refractivity contribution in [3.8, 4) is 34.3 Å². The van der Waals surface area contributed by atoms with E-state index in [9.17, 15) is 5.11 Å². The fourth-order valence-electron chi connectivity index (χ4n) is 3.66. The number of phenolic OH excluding ortho intramolecular Hbond substituents is 1. The zero-order valence-electron chi connectivity index (χ0n) is 18.9. The number of phenols is 1. The van der Waals surface area contributed by atoms with Crippen LogP contribution in [0.2, 0.25) is 0 Å². The van der Waals surface area contributed by atoms with E-state index in [-0.39, 0.29) is 5.75 Å². The van der Waals surface area contributed by atoms with Crippen molar-refractivity contribution in [2.24, 2.45) is 5.10 Å². The van der Waals surface area contributed by atoms with Gasteiger partial charge in [0.1, 0.15) is 17.2 Å². The van der Waals surface area contributed by atoms with Gasteiger partial charge in [-0.3, -0.25) is 4.68 Å². The van der Waals surface area contributed by atoms with Gasteiger partial charge >= 0.3 is 0 Å². The average Bonchev–Trinajstić information content (AvgIpc) is 3.47. The van der Waals surface area contributed by atoms with Crippen molar-refractivity contribution >= 4 is 18.4 Å². The number of aromatic nitrogens is 5. The first kappa shape index (κ1) is 22.3. The molecule has 0 aliphatic rings. The number of hydrogen-bond donors (Lipinski definition) is 2. The number of nitrogens with one attached hydrogen (secondary N) is 1. The van der Waals surface area contributed by atoms with Crippen LogP contribution in [0, 0.1) is 4.77 Å². The third kappa shape index (κ3) is 4.75. The first-order valence-electron chi connectivity index (χ1n) is 10.9. The Morgan fingerprint density at radius 3 is 2.51 bits per heavy atom. The van der Waals surface area contributed by atoms with E-state index >= 15 is 0 Å². The van der Waals surface area contributed by atoms with Gasteiger partial charge in [-0.2, -0.15) is 20.0 Å². The molecule has 2 N–H and O–H groups in total. The van der Waals surface area contributed by atoms with E-state index in [1.807, 2.05) is 71.4 Å². The molecule has 9 heteroatoms. The number of methoxy groups -OCH3 is 1. The van der Waals surface area contributed by atoms with Crippen LogP contribution < -0.4 is 4.74 Å². The fourth-order valence-corrected chi connectivity index (χ4v) is 3.84. The lowest BCUT2D eigenvalue weighted by Crippen LogP contribution is -2.06. The summed E-state index contributed by atoms with van der Waals surface area (Å²) in [6, 6.07) is 26.7. The molecule has 2 aromatic heterocycles. The number of ether oxygens (including phenoxy) is 1. The van der Waals surface area contributed by atoms with Crippen molar-refractivity contribution in [1.29, 1.82) is 0 Å². The Morgan fingerprint density at radius 1 is 1.03 bits per heavy atom. The van der Waals surface area contributed by atoms with E-state index < -0.39 is 0 Å². The van der Waals surface area contributed by atoms with E-state index in [4.69, 9.17) is 22.1 Å². The van der Waals surface area contributed by atoms with Crippen molar-refractivity contribution in [3.05, 3.63) is 101 Å².